The van der Waals surface area contributed by atoms with Crippen molar-refractivity contribution in [1.82, 2.24) is 5.32 Å². The van der Waals surface area contributed by atoms with Gasteiger partial charge in [-0.2, -0.15) is 0 Å². The molecule has 0 rings (SSSR count). The van der Waals surface area contributed by atoms with Crippen molar-refractivity contribution >= 4 is 0 Å². The first-order valence-electron chi connectivity index (χ1n) is 3.53. The smallest absolute Gasteiger partial charge is 0.0476 e. The highest BCUT2D eigenvalue weighted by molar-refractivity contribution is 4.56. The van der Waals surface area contributed by atoms with Crippen molar-refractivity contribution in [2.45, 2.75) is 26.3 Å². The van der Waals surface area contributed by atoms with Gasteiger partial charge >= 0.3 is 0 Å². The third-order valence-corrected chi connectivity index (χ3v) is 1.31. The predicted octanol–water partition coefficient (Wildman–Crippen LogP) is 1.02. The Hall–Kier alpha value is -0.0800. The fraction of sp³-hybridized carbons (Fsp3) is 1.00. The molecule has 9 heavy (non-hydrogen) atoms. The lowest BCUT2D eigenvalue weighted by molar-refractivity contribution is 0.185. The van der Waals surface area contributed by atoms with E-state index in [2.05, 4.69) is 19.2 Å². The van der Waals surface area contributed by atoms with Crippen LogP contribution in [-0.4, -0.2) is 26.3 Å². The normalized spacial score (nSPS) is 13.7. The van der Waals surface area contributed by atoms with E-state index >= 15 is 0 Å². The summed E-state index contributed by atoms with van der Waals surface area (Å²) < 4.78 is 4.92. The van der Waals surface area contributed by atoms with E-state index in [1.165, 1.54) is 0 Å². The molecule has 0 aromatic carbocycles. The molecule has 1 N–H and O–H groups in total. The average molecular weight is 131 g/mol. The molecule has 0 aromatic rings. The van der Waals surface area contributed by atoms with Crippen molar-refractivity contribution in [2.24, 2.45) is 0 Å². The SMILES string of the molecule is CCNC(C)CCOC. The molecule has 2 nitrogen and oxygen atoms in total. The number of ether oxygens (including phenoxy) is 1. The van der Waals surface area contributed by atoms with Gasteiger partial charge in [-0.15, -0.1) is 0 Å². The summed E-state index contributed by atoms with van der Waals surface area (Å²) >= 11 is 0. The van der Waals surface area contributed by atoms with Crippen LogP contribution in [0.4, 0.5) is 0 Å². The van der Waals surface area contributed by atoms with Crippen molar-refractivity contribution in [3.05, 3.63) is 0 Å². The van der Waals surface area contributed by atoms with Crippen molar-refractivity contribution < 1.29 is 4.74 Å². The van der Waals surface area contributed by atoms with Crippen LogP contribution in [0.3, 0.4) is 0 Å². The van der Waals surface area contributed by atoms with E-state index in [-0.39, 0.29) is 0 Å². The topological polar surface area (TPSA) is 21.3 Å². The van der Waals surface area contributed by atoms with Crippen LogP contribution < -0.4 is 5.32 Å². The molecule has 0 aromatic heterocycles. The van der Waals surface area contributed by atoms with Gasteiger partial charge in [-0.25, -0.2) is 0 Å². The Morgan fingerprint density at radius 3 is 2.67 bits per heavy atom. The largest absolute Gasteiger partial charge is 0.385 e. The second-order valence-electron chi connectivity index (χ2n) is 2.24. The Morgan fingerprint density at radius 1 is 1.56 bits per heavy atom. The van der Waals surface area contributed by atoms with E-state index in [1.807, 2.05) is 0 Å². The highest BCUT2D eigenvalue weighted by Crippen LogP contribution is 1.88. The molecule has 0 aliphatic heterocycles. The Bertz CT molecular complexity index is 56.9. The van der Waals surface area contributed by atoms with Crippen LogP contribution in [0.25, 0.3) is 0 Å². The minimum absolute atomic E-state index is 0.593. The molecule has 0 fully saturated rings. The summed E-state index contributed by atoms with van der Waals surface area (Å²) in [6, 6.07) is 0.593. The Kier molecular flexibility index (Phi) is 5.99. The van der Waals surface area contributed by atoms with Crippen molar-refractivity contribution in [2.75, 3.05) is 20.3 Å². The van der Waals surface area contributed by atoms with Crippen molar-refractivity contribution in [1.29, 1.82) is 0 Å². The summed E-state index contributed by atoms with van der Waals surface area (Å²) in [5.74, 6) is 0. The van der Waals surface area contributed by atoms with Crippen molar-refractivity contribution in [3.63, 3.8) is 0 Å². The molecule has 0 aliphatic carbocycles. The van der Waals surface area contributed by atoms with Gasteiger partial charge in [0.05, 0.1) is 0 Å². The molecule has 0 bridgehead atoms. The Balaban J connectivity index is 2.95. The molecular formula is C7H17NO. The molecule has 0 aliphatic rings. The zero-order chi connectivity index (χ0) is 7.11. The monoisotopic (exact) mass is 131 g/mol. The van der Waals surface area contributed by atoms with Gasteiger partial charge in [0.1, 0.15) is 0 Å². The van der Waals surface area contributed by atoms with Gasteiger partial charge in [0.25, 0.3) is 0 Å². The lowest BCUT2D eigenvalue weighted by Gasteiger charge is -2.10. The number of hydrogen-bond acceptors (Lipinski definition) is 2. The van der Waals surface area contributed by atoms with Crippen LogP contribution in [0.15, 0.2) is 0 Å². The molecule has 0 amide bonds. The van der Waals surface area contributed by atoms with Gasteiger partial charge in [-0.3, -0.25) is 0 Å². The quantitative estimate of drug-likeness (QED) is 0.601. The summed E-state index contributed by atoms with van der Waals surface area (Å²) in [7, 11) is 1.73. The Morgan fingerprint density at radius 2 is 2.22 bits per heavy atom. The summed E-state index contributed by atoms with van der Waals surface area (Å²) in [6.07, 6.45) is 1.10. The van der Waals surface area contributed by atoms with Gasteiger partial charge in [-0.1, -0.05) is 6.92 Å². The van der Waals surface area contributed by atoms with Crippen LogP contribution in [0, 0.1) is 0 Å². The maximum Gasteiger partial charge on any atom is 0.0476 e. The fourth-order valence-corrected chi connectivity index (χ4v) is 0.745. The molecule has 0 heterocycles. The highest BCUT2D eigenvalue weighted by Gasteiger charge is 1.96. The first-order valence-corrected chi connectivity index (χ1v) is 3.53. The zero-order valence-corrected chi connectivity index (χ0v) is 6.61. The molecule has 2 heteroatoms. The van der Waals surface area contributed by atoms with Gasteiger partial charge in [0.2, 0.25) is 0 Å². The summed E-state index contributed by atoms with van der Waals surface area (Å²) in [5, 5.41) is 3.30. The van der Waals surface area contributed by atoms with Gasteiger partial charge in [0.15, 0.2) is 0 Å². The second kappa shape index (κ2) is 6.05. The summed E-state index contributed by atoms with van der Waals surface area (Å²) in [4.78, 5) is 0. The van der Waals surface area contributed by atoms with Gasteiger partial charge in [0, 0.05) is 19.8 Å². The van der Waals surface area contributed by atoms with E-state index in [4.69, 9.17) is 4.74 Å². The molecule has 1 atom stereocenters. The van der Waals surface area contributed by atoms with E-state index in [1.54, 1.807) is 7.11 Å². The number of methoxy groups -OCH3 is 1. The van der Waals surface area contributed by atoms with Crippen LogP contribution >= 0.6 is 0 Å². The maximum absolute atomic E-state index is 4.92. The summed E-state index contributed by atoms with van der Waals surface area (Å²) in [5.41, 5.74) is 0. The minimum atomic E-state index is 0.593. The van der Waals surface area contributed by atoms with Crippen LogP contribution in [0.5, 0.6) is 0 Å². The third kappa shape index (κ3) is 5.80. The molecule has 0 radical (unpaired) electrons. The molecule has 1 unspecified atom stereocenters. The number of rotatable bonds is 5. The Labute approximate surface area is 57.6 Å². The number of nitrogens with one attached hydrogen (secondary N) is 1. The fourth-order valence-electron chi connectivity index (χ4n) is 0.745. The molecule has 0 spiro atoms. The van der Waals surface area contributed by atoms with E-state index in [0.717, 1.165) is 19.6 Å². The lowest BCUT2D eigenvalue weighted by Crippen LogP contribution is -2.26. The zero-order valence-electron chi connectivity index (χ0n) is 6.61. The first kappa shape index (κ1) is 8.92. The lowest BCUT2D eigenvalue weighted by atomic mass is 10.2. The van der Waals surface area contributed by atoms with Gasteiger partial charge < -0.3 is 10.1 Å². The van der Waals surface area contributed by atoms with E-state index < -0.39 is 0 Å². The molecule has 0 saturated heterocycles. The second-order valence-corrected chi connectivity index (χ2v) is 2.24. The predicted molar refractivity (Wildman–Crippen MR) is 39.6 cm³/mol. The highest BCUT2D eigenvalue weighted by atomic mass is 16.5. The standard InChI is InChI=1S/C7H17NO/c1-4-8-7(2)5-6-9-3/h7-8H,4-6H2,1-3H3. The van der Waals surface area contributed by atoms with Crippen molar-refractivity contribution in [3.8, 4) is 0 Å². The first-order chi connectivity index (χ1) is 4.31. The van der Waals surface area contributed by atoms with Crippen LogP contribution in [0.1, 0.15) is 20.3 Å². The average Bonchev–Trinajstić information content (AvgIpc) is 1.85. The minimum Gasteiger partial charge on any atom is -0.385 e. The molecular weight excluding hydrogens is 114 g/mol. The maximum atomic E-state index is 4.92. The third-order valence-electron chi connectivity index (χ3n) is 1.31. The molecule has 56 valence electrons. The molecule has 0 saturated carbocycles. The number of hydrogen-bond donors (Lipinski definition) is 1. The van der Waals surface area contributed by atoms with Crippen LogP contribution in [-0.2, 0) is 4.74 Å². The van der Waals surface area contributed by atoms with Gasteiger partial charge in [-0.05, 0) is 19.9 Å². The summed E-state index contributed by atoms with van der Waals surface area (Å²) in [6.45, 7) is 6.19. The van der Waals surface area contributed by atoms with E-state index in [0.29, 0.717) is 6.04 Å². The van der Waals surface area contributed by atoms with E-state index in [9.17, 15) is 0 Å². The van der Waals surface area contributed by atoms with Crippen LogP contribution in [0.2, 0.25) is 0 Å².